The molecule has 3 aromatic rings. The van der Waals surface area contributed by atoms with E-state index in [1.807, 2.05) is 55.5 Å². The maximum atomic E-state index is 12.9. The number of anilines is 2. The van der Waals surface area contributed by atoms with Crippen LogP contribution in [0.25, 0.3) is 0 Å². The fourth-order valence-corrected chi connectivity index (χ4v) is 3.81. The van der Waals surface area contributed by atoms with Gasteiger partial charge in [0.25, 0.3) is 11.8 Å². The average Bonchev–Trinajstić information content (AvgIpc) is 2.86. The molecule has 0 saturated heterocycles. The largest absolute Gasteiger partial charge is 0.492 e. The standard InChI is InChI=1S/C28H30N2O5/c1-4-21-6-5-7-24(16-21)34-18-27(31)29-22-10-13-26-25(17-22)30(28(32)20(3)35-26)14-15-33-23-11-8-19(2)9-12-23/h5-13,16-17,20H,4,14-15,18H2,1-3H3,(H,29,31). The zero-order chi connectivity index (χ0) is 24.8. The molecule has 1 unspecified atom stereocenters. The first-order valence-electron chi connectivity index (χ1n) is 11.8. The molecule has 1 heterocycles. The van der Waals surface area contributed by atoms with Crippen molar-refractivity contribution in [1.29, 1.82) is 0 Å². The Hall–Kier alpha value is -4.00. The number of ether oxygens (including phenoxy) is 3. The van der Waals surface area contributed by atoms with Gasteiger partial charge in [0.1, 0.15) is 23.9 Å². The molecule has 0 spiro atoms. The van der Waals surface area contributed by atoms with Crippen LogP contribution in [0.2, 0.25) is 0 Å². The van der Waals surface area contributed by atoms with Gasteiger partial charge in [-0.15, -0.1) is 0 Å². The molecule has 7 heteroatoms. The Bertz CT molecular complexity index is 1190. The lowest BCUT2D eigenvalue weighted by molar-refractivity contribution is -0.125. The van der Waals surface area contributed by atoms with E-state index in [1.165, 1.54) is 0 Å². The Morgan fingerprint density at radius 1 is 1.03 bits per heavy atom. The minimum absolute atomic E-state index is 0.120. The number of hydrogen-bond acceptors (Lipinski definition) is 5. The second-order valence-electron chi connectivity index (χ2n) is 8.43. The lowest BCUT2D eigenvalue weighted by atomic mass is 10.1. The van der Waals surface area contributed by atoms with Crippen molar-refractivity contribution in [3.63, 3.8) is 0 Å². The van der Waals surface area contributed by atoms with E-state index in [4.69, 9.17) is 14.2 Å². The third-order valence-corrected chi connectivity index (χ3v) is 5.73. The molecule has 0 saturated carbocycles. The van der Waals surface area contributed by atoms with E-state index in [0.29, 0.717) is 36.0 Å². The minimum Gasteiger partial charge on any atom is -0.492 e. The van der Waals surface area contributed by atoms with Crippen LogP contribution in [0.5, 0.6) is 17.2 Å². The van der Waals surface area contributed by atoms with Gasteiger partial charge in [0.15, 0.2) is 12.7 Å². The third kappa shape index (κ3) is 6.12. The highest BCUT2D eigenvalue weighted by Gasteiger charge is 2.31. The van der Waals surface area contributed by atoms with E-state index < -0.39 is 6.10 Å². The fraction of sp³-hybridized carbons (Fsp3) is 0.286. The van der Waals surface area contributed by atoms with Crippen LogP contribution in [0.15, 0.2) is 66.7 Å². The molecule has 1 atom stereocenters. The highest BCUT2D eigenvalue weighted by molar-refractivity contribution is 6.01. The van der Waals surface area contributed by atoms with Crippen molar-refractivity contribution in [2.24, 2.45) is 0 Å². The summed E-state index contributed by atoms with van der Waals surface area (Å²) in [4.78, 5) is 27.0. The number of amides is 2. The van der Waals surface area contributed by atoms with Crippen molar-refractivity contribution < 1.29 is 23.8 Å². The molecule has 1 aliphatic heterocycles. The van der Waals surface area contributed by atoms with Crippen LogP contribution in [-0.2, 0) is 16.0 Å². The quantitative estimate of drug-likeness (QED) is 0.484. The summed E-state index contributed by atoms with van der Waals surface area (Å²) >= 11 is 0. The molecular weight excluding hydrogens is 444 g/mol. The molecular formula is C28H30N2O5. The summed E-state index contributed by atoms with van der Waals surface area (Å²) in [7, 11) is 0. The van der Waals surface area contributed by atoms with Crippen molar-refractivity contribution in [2.75, 3.05) is 30.0 Å². The molecule has 2 amide bonds. The highest BCUT2D eigenvalue weighted by Crippen LogP contribution is 2.36. The van der Waals surface area contributed by atoms with E-state index in [0.717, 1.165) is 23.3 Å². The number of nitrogens with one attached hydrogen (secondary N) is 1. The van der Waals surface area contributed by atoms with Crippen LogP contribution in [0.4, 0.5) is 11.4 Å². The number of rotatable bonds is 9. The first-order chi connectivity index (χ1) is 16.9. The second-order valence-corrected chi connectivity index (χ2v) is 8.43. The normalized spacial score (nSPS) is 14.7. The third-order valence-electron chi connectivity index (χ3n) is 5.73. The highest BCUT2D eigenvalue weighted by atomic mass is 16.5. The van der Waals surface area contributed by atoms with Crippen molar-refractivity contribution >= 4 is 23.2 Å². The van der Waals surface area contributed by atoms with E-state index >= 15 is 0 Å². The molecule has 3 aromatic carbocycles. The number of hydrogen-bond donors (Lipinski definition) is 1. The topological polar surface area (TPSA) is 77.1 Å². The van der Waals surface area contributed by atoms with Gasteiger partial charge < -0.3 is 24.4 Å². The molecule has 0 aliphatic carbocycles. The lowest BCUT2D eigenvalue weighted by Gasteiger charge is -2.33. The van der Waals surface area contributed by atoms with Gasteiger partial charge in [-0.2, -0.15) is 0 Å². The molecule has 0 fully saturated rings. The Morgan fingerprint density at radius 2 is 1.83 bits per heavy atom. The van der Waals surface area contributed by atoms with E-state index in [1.54, 1.807) is 30.0 Å². The van der Waals surface area contributed by atoms with E-state index in [2.05, 4.69) is 12.2 Å². The van der Waals surface area contributed by atoms with Gasteiger partial charge in [-0.3, -0.25) is 9.59 Å². The van der Waals surface area contributed by atoms with Crippen LogP contribution >= 0.6 is 0 Å². The number of carbonyl (C=O) groups excluding carboxylic acids is 2. The average molecular weight is 475 g/mol. The van der Waals surface area contributed by atoms with Crippen LogP contribution in [0, 0.1) is 6.92 Å². The van der Waals surface area contributed by atoms with E-state index in [9.17, 15) is 9.59 Å². The van der Waals surface area contributed by atoms with E-state index in [-0.39, 0.29) is 18.4 Å². The van der Waals surface area contributed by atoms with Crippen LogP contribution in [0.3, 0.4) is 0 Å². The van der Waals surface area contributed by atoms with Crippen LogP contribution in [0.1, 0.15) is 25.0 Å². The number of aryl methyl sites for hydroxylation is 2. The Kier molecular flexibility index (Phi) is 7.55. The van der Waals surface area contributed by atoms with Gasteiger partial charge in [0.2, 0.25) is 0 Å². The zero-order valence-electron chi connectivity index (χ0n) is 20.2. The van der Waals surface area contributed by atoms with Crippen molar-refractivity contribution in [2.45, 2.75) is 33.3 Å². The summed E-state index contributed by atoms with van der Waals surface area (Å²) in [5.74, 6) is 1.52. The zero-order valence-corrected chi connectivity index (χ0v) is 20.2. The number of benzene rings is 3. The molecule has 7 nitrogen and oxygen atoms in total. The number of carbonyl (C=O) groups is 2. The first kappa shape index (κ1) is 24.1. The summed E-state index contributed by atoms with van der Waals surface area (Å²) in [6, 6.07) is 20.7. The van der Waals surface area contributed by atoms with Gasteiger partial charge in [-0.1, -0.05) is 36.8 Å². The fourth-order valence-electron chi connectivity index (χ4n) is 3.81. The minimum atomic E-state index is -0.602. The monoisotopic (exact) mass is 474 g/mol. The summed E-state index contributed by atoms with van der Waals surface area (Å²) in [6.07, 6.45) is 0.291. The summed E-state index contributed by atoms with van der Waals surface area (Å²) in [6.45, 7) is 6.35. The van der Waals surface area contributed by atoms with Crippen LogP contribution in [-0.4, -0.2) is 37.7 Å². The smallest absolute Gasteiger partial charge is 0.267 e. The van der Waals surface area contributed by atoms with Gasteiger partial charge in [0.05, 0.1) is 12.2 Å². The van der Waals surface area contributed by atoms with Crippen molar-refractivity contribution in [3.05, 3.63) is 77.9 Å². The predicted molar refractivity (Wildman–Crippen MR) is 136 cm³/mol. The maximum absolute atomic E-state index is 12.9. The molecule has 0 bridgehead atoms. The molecule has 1 aliphatic rings. The SMILES string of the molecule is CCc1cccc(OCC(=O)Nc2ccc3c(c2)N(CCOc2ccc(C)cc2)C(=O)C(C)O3)c1. The second kappa shape index (κ2) is 11.0. The summed E-state index contributed by atoms with van der Waals surface area (Å²) in [5, 5.41) is 2.84. The number of nitrogens with zero attached hydrogens (tertiary/aromatic N) is 1. The first-order valence-corrected chi connectivity index (χ1v) is 11.8. The number of fused-ring (bicyclic) bond motifs is 1. The van der Waals surface area contributed by atoms with Gasteiger partial charge in [-0.05, 0) is 68.3 Å². The Morgan fingerprint density at radius 3 is 2.60 bits per heavy atom. The molecule has 35 heavy (non-hydrogen) atoms. The van der Waals surface area contributed by atoms with Gasteiger partial charge in [0, 0.05) is 5.69 Å². The van der Waals surface area contributed by atoms with Crippen molar-refractivity contribution in [3.8, 4) is 17.2 Å². The molecule has 0 aromatic heterocycles. The molecule has 0 radical (unpaired) electrons. The molecule has 4 rings (SSSR count). The summed E-state index contributed by atoms with van der Waals surface area (Å²) in [5.41, 5.74) is 3.44. The lowest BCUT2D eigenvalue weighted by Crippen LogP contribution is -2.46. The summed E-state index contributed by atoms with van der Waals surface area (Å²) < 4.78 is 17.2. The van der Waals surface area contributed by atoms with Gasteiger partial charge >= 0.3 is 0 Å². The molecule has 1 N–H and O–H groups in total. The van der Waals surface area contributed by atoms with Crippen LogP contribution < -0.4 is 24.4 Å². The predicted octanol–water partition coefficient (Wildman–Crippen LogP) is 4.77. The molecule has 182 valence electrons. The van der Waals surface area contributed by atoms with Gasteiger partial charge in [-0.25, -0.2) is 0 Å². The van der Waals surface area contributed by atoms with Crippen molar-refractivity contribution in [1.82, 2.24) is 0 Å². The maximum Gasteiger partial charge on any atom is 0.267 e. The Balaban J connectivity index is 1.40. The Labute approximate surface area is 205 Å².